The van der Waals surface area contributed by atoms with E-state index in [1.807, 2.05) is 19.1 Å². The molecule has 0 bridgehead atoms. The van der Waals surface area contributed by atoms with Crippen LogP contribution in [0.25, 0.3) is 21.5 Å². The first-order chi connectivity index (χ1) is 13.5. The molecule has 0 amide bonds. The van der Waals surface area contributed by atoms with Crippen molar-refractivity contribution in [3.8, 4) is 16.3 Å². The van der Waals surface area contributed by atoms with Gasteiger partial charge in [0.2, 0.25) is 0 Å². The Morgan fingerprint density at radius 3 is 2.64 bits per heavy atom. The zero-order valence-electron chi connectivity index (χ0n) is 15.0. The van der Waals surface area contributed by atoms with Gasteiger partial charge in [0.25, 0.3) is 0 Å². The van der Waals surface area contributed by atoms with Crippen molar-refractivity contribution in [3.63, 3.8) is 0 Å². The average molecular weight is 399 g/mol. The lowest BCUT2D eigenvalue weighted by atomic mass is 10.1. The van der Waals surface area contributed by atoms with Gasteiger partial charge in [0, 0.05) is 28.1 Å². The maximum atomic E-state index is 13.9. The molecule has 0 aliphatic rings. The smallest absolute Gasteiger partial charge is 0.149 e. The SMILES string of the molecule is COc1cc(-c2ncc(C)s2)cc2c(NCc3ncc(F)cc3F)ncnc12. The van der Waals surface area contributed by atoms with Crippen LogP contribution in [0.15, 0.2) is 36.9 Å². The molecule has 1 aromatic carbocycles. The van der Waals surface area contributed by atoms with E-state index in [4.69, 9.17) is 4.74 Å². The summed E-state index contributed by atoms with van der Waals surface area (Å²) >= 11 is 1.56. The van der Waals surface area contributed by atoms with Crippen molar-refractivity contribution in [3.05, 3.63) is 59.1 Å². The van der Waals surface area contributed by atoms with Gasteiger partial charge in [-0.1, -0.05) is 0 Å². The summed E-state index contributed by atoms with van der Waals surface area (Å²) in [4.78, 5) is 17.9. The molecule has 0 radical (unpaired) electrons. The summed E-state index contributed by atoms with van der Waals surface area (Å²) in [6.45, 7) is 2.03. The van der Waals surface area contributed by atoms with Crippen molar-refractivity contribution in [2.75, 3.05) is 12.4 Å². The molecule has 0 unspecified atom stereocenters. The summed E-state index contributed by atoms with van der Waals surface area (Å²) in [5, 5.41) is 4.60. The van der Waals surface area contributed by atoms with Crippen molar-refractivity contribution in [2.24, 2.45) is 0 Å². The van der Waals surface area contributed by atoms with Crippen LogP contribution in [-0.4, -0.2) is 27.0 Å². The molecule has 142 valence electrons. The molecule has 0 saturated heterocycles. The highest BCUT2D eigenvalue weighted by atomic mass is 32.1. The fourth-order valence-corrected chi connectivity index (χ4v) is 3.54. The molecule has 6 nitrogen and oxygen atoms in total. The normalized spacial score (nSPS) is 11.0. The Bertz CT molecular complexity index is 1160. The highest BCUT2D eigenvalue weighted by molar-refractivity contribution is 7.14. The zero-order chi connectivity index (χ0) is 19.7. The van der Waals surface area contributed by atoms with Crippen LogP contribution in [0, 0.1) is 18.6 Å². The minimum absolute atomic E-state index is 0.0428. The zero-order valence-corrected chi connectivity index (χ0v) is 15.8. The Kier molecular flexibility index (Phi) is 4.82. The van der Waals surface area contributed by atoms with Crippen LogP contribution in [-0.2, 0) is 6.54 Å². The number of fused-ring (bicyclic) bond motifs is 1. The molecule has 0 aliphatic heterocycles. The third-order valence-corrected chi connectivity index (χ3v) is 5.06. The van der Waals surface area contributed by atoms with Crippen LogP contribution in [0.4, 0.5) is 14.6 Å². The lowest BCUT2D eigenvalue weighted by Crippen LogP contribution is -2.07. The maximum absolute atomic E-state index is 13.9. The number of pyridine rings is 1. The third kappa shape index (κ3) is 3.48. The van der Waals surface area contributed by atoms with Crippen LogP contribution in [0.2, 0.25) is 0 Å². The van der Waals surface area contributed by atoms with Gasteiger partial charge < -0.3 is 10.1 Å². The Morgan fingerprint density at radius 1 is 1.07 bits per heavy atom. The molecule has 0 atom stereocenters. The Balaban J connectivity index is 1.75. The molecule has 9 heteroatoms. The van der Waals surface area contributed by atoms with Crippen molar-refractivity contribution in [2.45, 2.75) is 13.5 Å². The van der Waals surface area contributed by atoms with Crippen molar-refractivity contribution >= 4 is 28.1 Å². The van der Waals surface area contributed by atoms with Crippen molar-refractivity contribution in [1.29, 1.82) is 0 Å². The van der Waals surface area contributed by atoms with Gasteiger partial charge in [-0.05, 0) is 19.1 Å². The monoisotopic (exact) mass is 399 g/mol. The number of rotatable bonds is 5. The maximum Gasteiger partial charge on any atom is 0.149 e. The molecule has 28 heavy (non-hydrogen) atoms. The standard InChI is InChI=1S/C19H15F2N5OS/c1-10-6-24-19(28-10)11-3-13-17(16(4-11)27-2)25-9-26-18(13)23-8-15-14(21)5-12(20)7-22-15/h3-7,9H,8H2,1-2H3,(H,23,25,26). The molecule has 0 saturated carbocycles. The molecule has 0 aliphatic carbocycles. The first-order valence-corrected chi connectivity index (χ1v) is 9.16. The van der Waals surface area contributed by atoms with Gasteiger partial charge in [-0.2, -0.15) is 0 Å². The summed E-state index contributed by atoms with van der Waals surface area (Å²) in [5.41, 5.74) is 1.57. The van der Waals surface area contributed by atoms with E-state index < -0.39 is 11.6 Å². The number of aromatic nitrogens is 4. The van der Waals surface area contributed by atoms with Crippen LogP contribution >= 0.6 is 11.3 Å². The lowest BCUT2D eigenvalue weighted by Gasteiger charge is -2.12. The molecule has 3 heterocycles. The van der Waals surface area contributed by atoms with Crippen molar-refractivity contribution < 1.29 is 13.5 Å². The average Bonchev–Trinajstić information content (AvgIpc) is 3.13. The summed E-state index contributed by atoms with van der Waals surface area (Å²) in [6, 6.07) is 4.58. The number of thiazole rings is 1. The summed E-state index contributed by atoms with van der Waals surface area (Å²) in [5.74, 6) is -0.370. The third-order valence-electron chi connectivity index (χ3n) is 4.10. The molecular weight excluding hydrogens is 384 g/mol. The van der Waals surface area contributed by atoms with E-state index >= 15 is 0 Å². The minimum atomic E-state index is -0.721. The number of hydrogen-bond acceptors (Lipinski definition) is 7. The topological polar surface area (TPSA) is 72.8 Å². The highest BCUT2D eigenvalue weighted by Gasteiger charge is 2.14. The molecule has 0 fully saturated rings. The number of nitrogens with zero attached hydrogens (tertiary/aromatic N) is 4. The first-order valence-electron chi connectivity index (χ1n) is 8.34. The summed E-state index contributed by atoms with van der Waals surface area (Å²) in [6.07, 6.45) is 4.18. The van der Waals surface area contributed by atoms with Crippen LogP contribution < -0.4 is 10.1 Å². The molecule has 0 spiro atoms. The largest absolute Gasteiger partial charge is 0.494 e. The fourth-order valence-electron chi connectivity index (χ4n) is 2.78. The van der Waals surface area contributed by atoms with E-state index in [-0.39, 0.29) is 12.2 Å². The Morgan fingerprint density at radius 2 is 1.93 bits per heavy atom. The van der Waals surface area contributed by atoms with Gasteiger partial charge in [-0.15, -0.1) is 11.3 Å². The lowest BCUT2D eigenvalue weighted by molar-refractivity contribution is 0.419. The van der Waals surface area contributed by atoms with Crippen LogP contribution in [0.5, 0.6) is 5.75 Å². The van der Waals surface area contributed by atoms with Gasteiger partial charge in [0.15, 0.2) is 0 Å². The predicted octanol–water partition coefficient (Wildman–Crippen LogP) is 4.36. The van der Waals surface area contributed by atoms with Gasteiger partial charge in [0.05, 0.1) is 25.5 Å². The van der Waals surface area contributed by atoms with E-state index in [9.17, 15) is 8.78 Å². The van der Waals surface area contributed by atoms with E-state index in [1.54, 1.807) is 24.6 Å². The number of nitrogens with one attached hydrogen (secondary N) is 1. The fraction of sp³-hybridized carbons (Fsp3) is 0.158. The van der Waals surface area contributed by atoms with Crippen molar-refractivity contribution in [1.82, 2.24) is 19.9 Å². The van der Waals surface area contributed by atoms with Gasteiger partial charge in [-0.25, -0.2) is 23.7 Å². The Hall–Kier alpha value is -3.20. The first kappa shape index (κ1) is 18.2. The number of anilines is 1. The van der Waals surface area contributed by atoms with Crippen LogP contribution in [0.3, 0.4) is 0 Å². The molecule has 3 aromatic heterocycles. The molecular formula is C19H15F2N5OS. The van der Waals surface area contributed by atoms with Gasteiger partial charge >= 0.3 is 0 Å². The summed E-state index contributed by atoms with van der Waals surface area (Å²) < 4.78 is 32.4. The second kappa shape index (κ2) is 7.43. The van der Waals surface area contributed by atoms with E-state index in [2.05, 4.69) is 25.3 Å². The van der Waals surface area contributed by atoms with Gasteiger partial charge in [-0.3, -0.25) is 4.98 Å². The highest BCUT2D eigenvalue weighted by Crippen LogP contribution is 2.35. The number of ether oxygens (including phenoxy) is 1. The van der Waals surface area contributed by atoms with Gasteiger partial charge in [0.1, 0.15) is 40.1 Å². The second-order valence-corrected chi connectivity index (χ2v) is 7.24. The number of hydrogen-bond donors (Lipinski definition) is 1. The number of methoxy groups -OCH3 is 1. The predicted molar refractivity (Wildman–Crippen MR) is 103 cm³/mol. The summed E-state index contributed by atoms with van der Waals surface area (Å²) in [7, 11) is 1.57. The quantitative estimate of drug-likeness (QED) is 0.538. The second-order valence-electron chi connectivity index (χ2n) is 6.01. The molecule has 1 N–H and O–H groups in total. The number of benzene rings is 1. The Labute approximate surface area is 163 Å². The number of halogens is 2. The molecule has 4 aromatic rings. The van der Waals surface area contributed by atoms with Crippen LogP contribution in [0.1, 0.15) is 10.6 Å². The van der Waals surface area contributed by atoms with E-state index in [0.29, 0.717) is 22.5 Å². The van der Waals surface area contributed by atoms with E-state index in [0.717, 1.165) is 27.7 Å². The molecule has 4 rings (SSSR count). The van der Waals surface area contributed by atoms with E-state index in [1.165, 1.54) is 6.33 Å². The number of aryl methyl sites for hydroxylation is 1. The minimum Gasteiger partial charge on any atom is -0.494 e.